The highest BCUT2D eigenvalue weighted by Gasteiger charge is 2.26. The summed E-state index contributed by atoms with van der Waals surface area (Å²) >= 11 is 6.05. The molecule has 9 nitrogen and oxygen atoms in total. The van der Waals surface area contributed by atoms with Gasteiger partial charge in [-0.1, -0.05) is 23.7 Å². The average molecular weight is 563 g/mol. The van der Waals surface area contributed by atoms with E-state index in [1.54, 1.807) is 30.1 Å². The Balaban J connectivity index is 1.29. The normalized spacial score (nSPS) is 17.2. The first-order valence-electron chi connectivity index (χ1n) is 13.7. The Labute approximate surface area is 238 Å². The number of methoxy groups -OCH3 is 1. The quantitative estimate of drug-likeness (QED) is 0.320. The maximum atomic E-state index is 13.7. The summed E-state index contributed by atoms with van der Waals surface area (Å²) in [5, 5.41) is 3.60. The minimum atomic E-state index is -0.139. The second-order valence-electron chi connectivity index (χ2n) is 10.5. The molecule has 1 N–H and O–H groups in total. The number of hydrogen-bond acceptors (Lipinski definition) is 6. The molecule has 3 aromatic heterocycles. The molecule has 0 bridgehead atoms. The summed E-state index contributed by atoms with van der Waals surface area (Å²) in [7, 11) is 3.65. The SMILES string of the molecule is COCCN(C)c1ccc(-n2c(=O)n(CC3CCC(NC(=O)c4cc(Cl)cnc4C)CC3)c3ccccc32)cn1. The Hall–Kier alpha value is -3.69. The molecule has 1 aliphatic carbocycles. The topological polar surface area (TPSA) is 94.3 Å². The van der Waals surface area contributed by atoms with Gasteiger partial charge in [0, 0.05) is 39.5 Å². The molecule has 1 fully saturated rings. The van der Waals surface area contributed by atoms with E-state index >= 15 is 0 Å². The van der Waals surface area contributed by atoms with Crippen molar-refractivity contribution in [2.75, 3.05) is 32.2 Å². The van der Waals surface area contributed by atoms with Crippen LogP contribution in [-0.4, -0.2) is 58.4 Å². The molecule has 0 spiro atoms. The predicted octanol–water partition coefficient (Wildman–Crippen LogP) is 4.62. The molecule has 0 aliphatic heterocycles. The van der Waals surface area contributed by atoms with E-state index in [4.69, 9.17) is 16.3 Å². The Bertz CT molecular complexity index is 1540. The summed E-state index contributed by atoms with van der Waals surface area (Å²) in [6, 6.07) is 13.5. The van der Waals surface area contributed by atoms with Gasteiger partial charge in [0.1, 0.15) is 5.82 Å². The van der Waals surface area contributed by atoms with Gasteiger partial charge in [-0.05, 0) is 68.9 Å². The maximum absolute atomic E-state index is 13.7. The van der Waals surface area contributed by atoms with Gasteiger partial charge in [-0.25, -0.2) is 9.78 Å². The zero-order valence-electron chi connectivity index (χ0n) is 23.1. The van der Waals surface area contributed by atoms with E-state index in [-0.39, 0.29) is 17.6 Å². The van der Waals surface area contributed by atoms with Crippen LogP contribution >= 0.6 is 11.6 Å². The van der Waals surface area contributed by atoms with Gasteiger partial charge in [-0.15, -0.1) is 0 Å². The van der Waals surface area contributed by atoms with Crippen molar-refractivity contribution in [1.29, 1.82) is 0 Å². The Morgan fingerprint density at radius 3 is 2.55 bits per heavy atom. The first kappa shape index (κ1) is 27.9. The van der Waals surface area contributed by atoms with Gasteiger partial charge in [-0.2, -0.15) is 0 Å². The van der Waals surface area contributed by atoms with Crippen molar-refractivity contribution in [2.24, 2.45) is 5.92 Å². The minimum Gasteiger partial charge on any atom is -0.383 e. The molecular weight excluding hydrogens is 528 g/mol. The summed E-state index contributed by atoms with van der Waals surface area (Å²) in [6.07, 6.45) is 6.87. The average Bonchev–Trinajstić information content (AvgIpc) is 3.24. The molecule has 0 saturated heterocycles. The van der Waals surface area contributed by atoms with Gasteiger partial charge in [-0.3, -0.25) is 18.9 Å². The van der Waals surface area contributed by atoms with Crippen molar-refractivity contribution in [1.82, 2.24) is 24.4 Å². The van der Waals surface area contributed by atoms with Crippen molar-refractivity contribution in [3.63, 3.8) is 0 Å². The first-order valence-corrected chi connectivity index (χ1v) is 14.0. The summed E-state index contributed by atoms with van der Waals surface area (Å²) in [4.78, 5) is 37.4. The lowest BCUT2D eigenvalue weighted by Gasteiger charge is -2.29. The molecule has 0 atom stereocenters. The Kier molecular flexibility index (Phi) is 8.52. The molecule has 0 unspecified atom stereocenters. The lowest BCUT2D eigenvalue weighted by Crippen LogP contribution is -2.39. The number of nitrogens with one attached hydrogen (secondary N) is 1. The number of benzene rings is 1. The lowest BCUT2D eigenvalue weighted by molar-refractivity contribution is 0.0919. The highest BCUT2D eigenvalue weighted by atomic mass is 35.5. The van der Waals surface area contributed by atoms with Crippen molar-refractivity contribution in [3.05, 3.63) is 81.6 Å². The van der Waals surface area contributed by atoms with Crippen LogP contribution in [0.15, 0.2) is 59.7 Å². The number of nitrogens with zero attached hydrogens (tertiary/aromatic N) is 5. The van der Waals surface area contributed by atoms with Crippen LogP contribution in [0.5, 0.6) is 0 Å². The minimum absolute atomic E-state index is 0.0668. The third kappa shape index (κ3) is 5.90. The smallest absolute Gasteiger partial charge is 0.333 e. The van der Waals surface area contributed by atoms with E-state index in [0.717, 1.165) is 54.8 Å². The summed E-state index contributed by atoms with van der Waals surface area (Å²) in [5.74, 6) is 1.03. The molecule has 10 heteroatoms. The lowest BCUT2D eigenvalue weighted by atomic mass is 9.85. The first-order chi connectivity index (χ1) is 19.4. The summed E-state index contributed by atoms with van der Waals surface area (Å²) in [6.45, 7) is 3.78. The van der Waals surface area contributed by atoms with Crippen LogP contribution in [0.2, 0.25) is 5.02 Å². The van der Waals surface area contributed by atoms with Crippen molar-refractivity contribution in [2.45, 2.75) is 45.2 Å². The van der Waals surface area contributed by atoms with Crippen LogP contribution in [0.1, 0.15) is 41.7 Å². The zero-order chi connectivity index (χ0) is 28.2. The van der Waals surface area contributed by atoms with Gasteiger partial charge in [0.2, 0.25) is 0 Å². The van der Waals surface area contributed by atoms with Crippen molar-refractivity contribution in [3.8, 4) is 5.69 Å². The van der Waals surface area contributed by atoms with Gasteiger partial charge in [0.25, 0.3) is 5.91 Å². The molecule has 0 radical (unpaired) electrons. The van der Waals surface area contributed by atoms with Gasteiger partial charge >= 0.3 is 5.69 Å². The number of hydrogen-bond donors (Lipinski definition) is 1. The number of aryl methyl sites for hydroxylation is 1. The number of aromatic nitrogens is 4. The monoisotopic (exact) mass is 562 g/mol. The number of likely N-dealkylation sites (N-methyl/N-ethyl adjacent to an activating group) is 1. The number of fused-ring (bicyclic) bond motifs is 1. The maximum Gasteiger partial charge on any atom is 0.333 e. The van der Waals surface area contributed by atoms with Crippen LogP contribution in [-0.2, 0) is 11.3 Å². The molecular formula is C30H35ClN6O3. The van der Waals surface area contributed by atoms with Crippen LogP contribution in [0.4, 0.5) is 5.82 Å². The summed E-state index contributed by atoms with van der Waals surface area (Å²) < 4.78 is 8.79. The summed E-state index contributed by atoms with van der Waals surface area (Å²) in [5.41, 5.74) is 3.62. The second-order valence-corrected chi connectivity index (χ2v) is 10.9. The predicted molar refractivity (Wildman–Crippen MR) is 158 cm³/mol. The number of anilines is 1. The fraction of sp³-hybridized carbons (Fsp3) is 0.400. The number of pyridine rings is 2. The fourth-order valence-corrected chi connectivity index (χ4v) is 5.62. The molecule has 40 heavy (non-hydrogen) atoms. The zero-order valence-corrected chi connectivity index (χ0v) is 23.9. The van der Waals surface area contributed by atoms with E-state index in [0.29, 0.717) is 35.3 Å². The van der Waals surface area contributed by atoms with E-state index in [2.05, 4.69) is 15.3 Å². The third-order valence-electron chi connectivity index (χ3n) is 7.77. The fourth-order valence-electron chi connectivity index (χ4n) is 5.46. The largest absolute Gasteiger partial charge is 0.383 e. The molecule has 1 aliphatic rings. The van der Waals surface area contributed by atoms with E-state index in [1.807, 2.05) is 59.8 Å². The van der Waals surface area contributed by atoms with Crippen molar-refractivity contribution < 1.29 is 9.53 Å². The number of carbonyl (C=O) groups excluding carboxylic acids is 1. The molecule has 5 rings (SSSR count). The number of amides is 1. The second kappa shape index (κ2) is 12.2. The molecule has 210 valence electrons. The molecule has 3 heterocycles. The van der Waals surface area contributed by atoms with Gasteiger partial charge in [0.05, 0.1) is 45.8 Å². The molecule has 1 amide bonds. The number of para-hydroxylation sites is 2. The molecule has 1 aromatic carbocycles. The molecule has 1 saturated carbocycles. The Morgan fingerprint density at radius 2 is 1.85 bits per heavy atom. The van der Waals surface area contributed by atoms with E-state index in [9.17, 15) is 9.59 Å². The third-order valence-corrected chi connectivity index (χ3v) is 7.98. The van der Waals surface area contributed by atoms with Crippen LogP contribution < -0.4 is 15.9 Å². The van der Waals surface area contributed by atoms with Gasteiger partial charge in [0.15, 0.2) is 0 Å². The van der Waals surface area contributed by atoms with Crippen LogP contribution in [0, 0.1) is 12.8 Å². The Morgan fingerprint density at radius 1 is 1.10 bits per heavy atom. The highest BCUT2D eigenvalue weighted by molar-refractivity contribution is 6.30. The molecule has 4 aromatic rings. The standard InChI is InChI=1S/C30H35ClN6O3/c1-20-25(16-22(31)17-32-20)29(38)34-23-10-8-21(9-11-23)19-36-26-6-4-5-7-27(26)37(30(36)39)24-12-13-28(33-18-24)35(2)14-15-40-3/h4-7,12-13,16-18,21,23H,8-11,14-15,19H2,1-3H3,(H,34,38). The number of carbonyl (C=O) groups is 1. The van der Waals surface area contributed by atoms with Gasteiger partial charge < -0.3 is 15.0 Å². The number of imidazole rings is 1. The van der Waals surface area contributed by atoms with E-state index < -0.39 is 0 Å². The van der Waals surface area contributed by atoms with E-state index in [1.165, 1.54) is 0 Å². The number of halogens is 1. The van der Waals surface area contributed by atoms with Crippen LogP contribution in [0.3, 0.4) is 0 Å². The van der Waals surface area contributed by atoms with Crippen LogP contribution in [0.25, 0.3) is 16.7 Å². The van der Waals surface area contributed by atoms with Crippen molar-refractivity contribution >= 4 is 34.4 Å². The number of rotatable bonds is 9. The highest BCUT2D eigenvalue weighted by Crippen LogP contribution is 2.28. The number of ether oxygens (including phenoxy) is 1.